The number of halogens is 1. The van der Waals surface area contributed by atoms with Gasteiger partial charge in [0.2, 0.25) is 0 Å². The molecule has 1 aromatic carbocycles. The molecule has 1 aromatic heterocycles. The Morgan fingerprint density at radius 1 is 1.22 bits per heavy atom. The SMILES string of the molecule is Cc1cc(Nc2cc(Cl)c(C)c(C#N)c2)ncn1. The summed E-state index contributed by atoms with van der Waals surface area (Å²) in [5.41, 5.74) is 2.94. The van der Waals surface area contributed by atoms with Gasteiger partial charge >= 0.3 is 0 Å². The quantitative estimate of drug-likeness (QED) is 0.897. The van der Waals surface area contributed by atoms with Crippen LogP contribution < -0.4 is 5.32 Å². The number of hydrogen-bond acceptors (Lipinski definition) is 4. The van der Waals surface area contributed by atoms with Crippen LogP contribution in [-0.4, -0.2) is 9.97 Å². The summed E-state index contributed by atoms with van der Waals surface area (Å²) in [6.45, 7) is 3.70. The third-order valence-corrected chi connectivity index (χ3v) is 2.93. The van der Waals surface area contributed by atoms with E-state index in [4.69, 9.17) is 16.9 Å². The van der Waals surface area contributed by atoms with Crippen molar-refractivity contribution in [3.8, 4) is 6.07 Å². The number of nitrogens with one attached hydrogen (secondary N) is 1. The van der Waals surface area contributed by atoms with E-state index in [0.29, 0.717) is 16.4 Å². The highest BCUT2D eigenvalue weighted by molar-refractivity contribution is 6.31. The third-order valence-electron chi connectivity index (χ3n) is 2.54. The van der Waals surface area contributed by atoms with Crippen LogP contribution in [0.3, 0.4) is 0 Å². The predicted molar refractivity (Wildman–Crippen MR) is 71.0 cm³/mol. The number of anilines is 2. The van der Waals surface area contributed by atoms with E-state index in [1.165, 1.54) is 6.33 Å². The zero-order chi connectivity index (χ0) is 13.1. The minimum atomic E-state index is 0.552. The van der Waals surface area contributed by atoms with Crippen molar-refractivity contribution in [2.24, 2.45) is 0 Å². The van der Waals surface area contributed by atoms with Gasteiger partial charge in [-0.15, -0.1) is 0 Å². The molecule has 0 bridgehead atoms. The van der Waals surface area contributed by atoms with Crippen LogP contribution in [0.1, 0.15) is 16.8 Å². The molecule has 0 aliphatic rings. The van der Waals surface area contributed by atoms with E-state index >= 15 is 0 Å². The van der Waals surface area contributed by atoms with E-state index in [9.17, 15) is 0 Å². The van der Waals surface area contributed by atoms with Crippen molar-refractivity contribution in [3.63, 3.8) is 0 Å². The molecule has 1 heterocycles. The largest absolute Gasteiger partial charge is 0.340 e. The van der Waals surface area contributed by atoms with Crippen molar-refractivity contribution in [1.82, 2.24) is 9.97 Å². The number of nitriles is 1. The minimum absolute atomic E-state index is 0.552. The Morgan fingerprint density at radius 3 is 2.67 bits per heavy atom. The molecule has 2 aromatic rings. The predicted octanol–water partition coefficient (Wildman–Crippen LogP) is 3.36. The van der Waals surface area contributed by atoms with Gasteiger partial charge in [-0.2, -0.15) is 5.26 Å². The summed E-state index contributed by atoms with van der Waals surface area (Å²) in [7, 11) is 0. The molecular weight excluding hydrogens is 248 g/mol. The Hall–Kier alpha value is -2.12. The molecule has 0 radical (unpaired) electrons. The molecule has 0 unspecified atom stereocenters. The highest BCUT2D eigenvalue weighted by atomic mass is 35.5. The molecule has 0 aliphatic carbocycles. The molecule has 0 atom stereocenters. The molecule has 90 valence electrons. The molecule has 4 nitrogen and oxygen atoms in total. The fourth-order valence-corrected chi connectivity index (χ4v) is 1.76. The van der Waals surface area contributed by atoms with Gasteiger partial charge < -0.3 is 5.32 Å². The van der Waals surface area contributed by atoms with E-state index in [1.807, 2.05) is 19.9 Å². The Labute approximate surface area is 110 Å². The smallest absolute Gasteiger partial charge is 0.133 e. The average Bonchev–Trinajstić information content (AvgIpc) is 2.33. The lowest BCUT2D eigenvalue weighted by Gasteiger charge is -2.08. The van der Waals surface area contributed by atoms with E-state index in [-0.39, 0.29) is 0 Å². The molecule has 0 fully saturated rings. The van der Waals surface area contributed by atoms with Gasteiger partial charge in [-0.3, -0.25) is 0 Å². The Morgan fingerprint density at radius 2 is 2.00 bits per heavy atom. The fraction of sp³-hybridized carbons (Fsp3) is 0.154. The molecule has 5 heteroatoms. The Bertz CT molecular complexity index is 631. The lowest BCUT2D eigenvalue weighted by molar-refractivity contribution is 1.10. The van der Waals surface area contributed by atoms with Gasteiger partial charge in [-0.05, 0) is 31.5 Å². The summed E-state index contributed by atoms with van der Waals surface area (Å²) < 4.78 is 0. The maximum absolute atomic E-state index is 9.02. The lowest BCUT2D eigenvalue weighted by Crippen LogP contribution is -1.97. The average molecular weight is 259 g/mol. The topological polar surface area (TPSA) is 61.6 Å². The molecule has 0 saturated heterocycles. The van der Waals surface area contributed by atoms with Gasteiger partial charge in [-0.25, -0.2) is 9.97 Å². The molecule has 0 spiro atoms. The van der Waals surface area contributed by atoms with Crippen LogP contribution in [0.25, 0.3) is 0 Å². The van der Waals surface area contributed by atoms with Crippen LogP contribution in [-0.2, 0) is 0 Å². The van der Waals surface area contributed by atoms with Gasteiger partial charge in [-0.1, -0.05) is 11.6 Å². The first-order valence-corrected chi connectivity index (χ1v) is 5.74. The van der Waals surface area contributed by atoms with Gasteiger partial charge in [0.15, 0.2) is 0 Å². The first-order valence-electron chi connectivity index (χ1n) is 5.36. The first-order chi connectivity index (χ1) is 8.60. The van der Waals surface area contributed by atoms with Crippen molar-refractivity contribution in [3.05, 3.63) is 46.4 Å². The molecule has 2 rings (SSSR count). The minimum Gasteiger partial charge on any atom is -0.340 e. The molecule has 18 heavy (non-hydrogen) atoms. The second-order valence-corrected chi connectivity index (χ2v) is 4.32. The number of nitrogens with zero attached hydrogens (tertiary/aromatic N) is 3. The summed E-state index contributed by atoms with van der Waals surface area (Å²) >= 11 is 6.07. The summed E-state index contributed by atoms with van der Waals surface area (Å²) in [6.07, 6.45) is 1.48. The fourth-order valence-electron chi connectivity index (χ4n) is 1.54. The summed E-state index contributed by atoms with van der Waals surface area (Å²) in [6, 6.07) is 7.46. The zero-order valence-corrected chi connectivity index (χ0v) is 10.8. The van der Waals surface area contributed by atoms with Gasteiger partial charge in [0.25, 0.3) is 0 Å². The van der Waals surface area contributed by atoms with Gasteiger partial charge in [0.1, 0.15) is 12.1 Å². The maximum Gasteiger partial charge on any atom is 0.133 e. The van der Waals surface area contributed by atoms with Crippen LogP contribution in [0.15, 0.2) is 24.5 Å². The summed E-state index contributed by atoms with van der Waals surface area (Å²) in [5, 5.41) is 12.7. The second-order valence-electron chi connectivity index (χ2n) is 3.91. The van der Waals surface area contributed by atoms with Crippen LogP contribution in [0.4, 0.5) is 11.5 Å². The molecule has 0 aliphatic heterocycles. The number of benzene rings is 1. The highest BCUT2D eigenvalue weighted by Crippen LogP contribution is 2.25. The lowest BCUT2D eigenvalue weighted by atomic mass is 10.1. The van der Waals surface area contributed by atoms with E-state index in [2.05, 4.69) is 21.4 Å². The van der Waals surface area contributed by atoms with Crippen LogP contribution >= 0.6 is 11.6 Å². The van der Waals surface area contributed by atoms with Crippen molar-refractivity contribution in [1.29, 1.82) is 5.26 Å². The standard InChI is InChI=1S/C13H11ClN4/c1-8-3-13(17-7-16-8)18-11-4-10(6-15)9(2)12(14)5-11/h3-5,7H,1-2H3,(H,16,17,18). The van der Waals surface area contributed by atoms with Crippen LogP contribution in [0, 0.1) is 25.2 Å². The maximum atomic E-state index is 9.02. The summed E-state index contributed by atoms with van der Waals surface area (Å²) in [4.78, 5) is 8.11. The molecule has 0 amide bonds. The summed E-state index contributed by atoms with van der Waals surface area (Å²) in [5.74, 6) is 0.673. The van der Waals surface area contributed by atoms with Crippen LogP contribution in [0.5, 0.6) is 0 Å². The Balaban J connectivity index is 2.36. The first kappa shape index (κ1) is 12.3. The second kappa shape index (κ2) is 5.03. The highest BCUT2D eigenvalue weighted by Gasteiger charge is 2.06. The van der Waals surface area contributed by atoms with Crippen molar-refractivity contribution in [2.45, 2.75) is 13.8 Å². The number of aryl methyl sites for hydroxylation is 1. The van der Waals surface area contributed by atoms with Crippen molar-refractivity contribution < 1.29 is 0 Å². The molecule has 1 N–H and O–H groups in total. The number of rotatable bonds is 2. The van der Waals surface area contributed by atoms with Crippen molar-refractivity contribution in [2.75, 3.05) is 5.32 Å². The van der Waals surface area contributed by atoms with Gasteiger partial charge in [0, 0.05) is 22.5 Å². The van der Waals surface area contributed by atoms with Crippen LogP contribution in [0.2, 0.25) is 5.02 Å². The zero-order valence-electron chi connectivity index (χ0n) is 10.0. The Kier molecular flexibility index (Phi) is 3.45. The normalized spacial score (nSPS) is 9.89. The van der Waals surface area contributed by atoms with Crippen molar-refractivity contribution >= 4 is 23.1 Å². The molecule has 0 saturated carbocycles. The number of hydrogen-bond donors (Lipinski definition) is 1. The van der Waals surface area contributed by atoms with E-state index < -0.39 is 0 Å². The molecular formula is C13H11ClN4. The van der Waals surface area contributed by atoms with E-state index in [1.54, 1.807) is 12.1 Å². The van der Waals surface area contributed by atoms with E-state index in [0.717, 1.165) is 16.9 Å². The third kappa shape index (κ3) is 2.58. The van der Waals surface area contributed by atoms with Gasteiger partial charge in [0.05, 0.1) is 11.6 Å². The number of aromatic nitrogens is 2. The monoisotopic (exact) mass is 258 g/mol.